The van der Waals surface area contributed by atoms with Crippen LogP contribution in [0.15, 0.2) is 28.9 Å². The Kier molecular flexibility index (Phi) is 2.04. The van der Waals surface area contributed by atoms with Gasteiger partial charge in [0.15, 0.2) is 0 Å². The van der Waals surface area contributed by atoms with E-state index in [1.165, 1.54) is 0 Å². The van der Waals surface area contributed by atoms with Gasteiger partial charge in [0.2, 0.25) is 0 Å². The van der Waals surface area contributed by atoms with Crippen LogP contribution < -0.4 is 5.32 Å². The molecule has 1 atom stereocenters. The normalized spacial score (nSPS) is 21.8. The zero-order chi connectivity index (χ0) is 9.10. The number of amides is 1. The Labute approximate surface area is 75.2 Å². The van der Waals surface area contributed by atoms with E-state index in [1.807, 2.05) is 18.2 Å². The van der Waals surface area contributed by atoms with Gasteiger partial charge < -0.3 is 14.5 Å². The minimum absolute atomic E-state index is 0.0439. The first-order chi connectivity index (χ1) is 6.34. The molecule has 0 aliphatic carbocycles. The summed E-state index contributed by atoms with van der Waals surface area (Å²) in [4.78, 5) is 10.6. The number of rotatable bonds is 2. The van der Waals surface area contributed by atoms with Gasteiger partial charge in [-0.25, -0.2) is 4.79 Å². The van der Waals surface area contributed by atoms with Crippen LogP contribution in [0.1, 0.15) is 5.76 Å². The van der Waals surface area contributed by atoms with Gasteiger partial charge in [0, 0.05) is 0 Å². The first-order valence-corrected chi connectivity index (χ1v) is 3.99. The lowest BCUT2D eigenvalue weighted by atomic mass is 10.3. The summed E-state index contributed by atoms with van der Waals surface area (Å²) in [5.74, 6) is 0.765. The summed E-state index contributed by atoms with van der Waals surface area (Å²) >= 11 is 0. The van der Waals surface area contributed by atoms with Crippen LogP contribution in [0.2, 0.25) is 0 Å². The summed E-state index contributed by atoms with van der Waals surface area (Å²) in [6.45, 7) is 0.385. The van der Waals surface area contributed by atoms with Crippen LogP contribution in [0, 0.1) is 0 Å². The fraction of sp³-hybridized carbons (Fsp3) is 0.222. The highest BCUT2D eigenvalue weighted by Gasteiger charge is 2.18. The van der Waals surface area contributed by atoms with Crippen molar-refractivity contribution in [2.24, 2.45) is 0 Å². The van der Waals surface area contributed by atoms with Crippen LogP contribution in [0.4, 0.5) is 4.79 Å². The number of carbonyl (C=O) groups is 1. The molecule has 4 heteroatoms. The quantitative estimate of drug-likeness (QED) is 0.746. The molecule has 0 aromatic carbocycles. The molecule has 4 nitrogen and oxygen atoms in total. The Hall–Kier alpha value is -1.71. The minimum Gasteiger partial charge on any atom is -0.465 e. The van der Waals surface area contributed by atoms with E-state index in [0.717, 1.165) is 5.76 Å². The molecular formula is C9H9NO3. The molecule has 1 amide bonds. The van der Waals surface area contributed by atoms with Crippen molar-refractivity contribution in [1.29, 1.82) is 0 Å². The third kappa shape index (κ3) is 1.90. The Morgan fingerprint density at radius 2 is 2.54 bits per heavy atom. The highest BCUT2D eigenvalue weighted by atomic mass is 16.6. The van der Waals surface area contributed by atoms with Gasteiger partial charge in [0.05, 0.1) is 12.3 Å². The lowest BCUT2D eigenvalue weighted by Gasteiger charge is -1.96. The molecule has 1 aliphatic heterocycles. The van der Waals surface area contributed by atoms with Gasteiger partial charge in [0.1, 0.15) is 12.4 Å². The van der Waals surface area contributed by atoms with Gasteiger partial charge in [-0.1, -0.05) is 6.08 Å². The van der Waals surface area contributed by atoms with Crippen molar-refractivity contribution in [1.82, 2.24) is 5.32 Å². The molecule has 0 spiro atoms. The molecule has 2 heterocycles. The maximum Gasteiger partial charge on any atom is 0.407 e. The molecular weight excluding hydrogens is 170 g/mol. The highest BCUT2D eigenvalue weighted by Crippen LogP contribution is 2.05. The van der Waals surface area contributed by atoms with Gasteiger partial charge in [-0.2, -0.15) is 0 Å². The molecule has 1 N–H and O–H groups in total. The number of carbonyl (C=O) groups excluding carboxylic acids is 1. The molecule has 1 aromatic heterocycles. The molecule has 0 unspecified atom stereocenters. The van der Waals surface area contributed by atoms with Crippen molar-refractivity contribution in [3.8, 4) is 0 Å². The lowest BCUT2D eigenvalue weighted by molar-refractivity contribution is 0.177. The van der Waals surface area contributed by atoms with E-state index in [9.17, 15) is 4.79 Å². The van der Waals surface area contributed by atoms with Crippen molar-refractivity contribution in [2.45, 2.75) is 6.04 Å². The van der Waals surface area contributed by atoms with E-state index in [-0.39, 0.29) is 12.1 Å². The zero-order valence-electron chi connectivity index (χ0n) is 6.90. The van der Waals surface area contributed by atoms with E-state index in [1.54, 1.807) is 12.3 Å². The van der Waals surface area contributed by atoms with Crippen molar-refractivity contribution in [2.75, 3.05) is 6.61 Å². The molecule has 0 saturated carbocycles. The summed E-state index contributed by atoms with van der Waals surface area (Å²) in [5.41, 5.74) is 0. The second-order valence-corrected chi connectivity index (χ2v) is 2.72. The van der Waals surface area contributed by atoms with Crippen LogP contribution in [0.5, 0.6) is 0 Å². The average molecular weight is 179 g/mol. The Morgan fingerprint density at radius 1 is 1.62 bits per heavy atom. The van der Waals surface area contributed by atoms with E-state index in [2.05, 4.69) is 5.32 Å². The predicted molar refractivity (Wildman–Crippen MR) is 46.0 cm³/mol. The molecule has 1 fully saturated rings. The number of hydrogen-bond acceptors (Lipinski definition) is 3. The second-order valence-electron chi connectivity index (χ2n) is 2.72. The third-order valence-electron chi connectivity index (χ3n) is 1.73. The first kappa shape index (κ1) is 7.91. The van der Waals surface area contributed by atoms with Gasteiger partial charge in [-0.3, -0.25) is 0 Å². The fourth-order valence-electron chi connectivity index (χ4n) is 1.10. The van der Waals surface area contributed by atoms with Gasteiger partial charge in [0.25, 0.3) is 0 Å². The van der Waals surface area contributed by atoms with Gasteiger partial charge >= 0.3 is 6.09 Å². The van der Waals surface area contributed by atoms with Crippen molar-refractivity contribution in [3.63, 3.8) is 0 Å². The number of alkyl carbamates (subject to hydrolysis) is 1. The van der Waals surface area contributed by atoms with Crippen LogP contribution in [0.25, 0.3) is 6.08 Å². The SMILES string of the molecule is O=C1N[C@H](/C=C\c2ccco2)CO1. The fourth-order valence-corrected chi connectivity index (χ4v) is 1.10. The molecule has 0 bridgehead atoms. The van der Waals surface area contributed by atoms with Crippen LogP contribution in [-0.4, -0.2) is 18.7 Å². The number of furan rings is 1. The maximum atomic E-state index is 10.6. The number of cyclic esters (lactones) is 1. The van der Waals surface area contributed by atoms with Crippen LogP contribution in [-0.2, 0) is 4.74 Å². The molecule has 68 valence electrons. The molecule has 1 aromatic rings. The molecule has 1 aliphatic rings. The summed E-state index contributed by atoms with van der Waals surface area (Å²) in [5, 5.41) is 2.63. The average Bonchev–Trinajstić information content (AvgIpc) is 2.71. The minimum atomic E-state index is -0.367. The third-order valence-corrected chi connectivity index (χ3v) is 1.73. The van der Waals surface area contributed by atoms with Crippen LogP contribution >= 0.6 is 0 Å². The largest absolute Gasteiger partial charge is 0.465 e. The highest BCUT2D eigenvalue weighted by molar-refractivity contribution is 5.70. The van der Waals surface area contributed by atoms with E-state index in [4.69, 9.17) is 9.15 Å². The number of hydrogen-bond donors (Lipinski definition) is 1. The topological polar surface area (TPSA) is 51.5 Å². The Bertz CT molecular complexity index is 316. The van der Waals surface area contributed by atoms with E-state index < -0.39 is 0 Å². The predicted octanol–water partition coefficient (Wildman–Crippen LogP) is 1.40. The molecule has 0 radical (unpaired) electrons. The number of ether oxygens (including phenoxy) is 1. The van der Waals surface area contributed by atoms with Gasteiger partial charge in [-0.15, -0.1) is 0 Å². The smallest absolute Gasteiger partial charge is 0.407 e. The standard InChI is InChI=1S/C9H9NO3/c11-9-10-7(6-13-9)3-4-8-2-1-5-12-8/h1-5,7H,6H2,(H,10,11)/b4-3-/t7-/m1/s1. The first-order valence-electron chi connectivity index (χ1n) is 3.99. The monoisotopic (exact) mass is 179 g/mol. The summed E-state index contributed by atoms with van der Waals surface area (Å²) in [7, 11) is 0. The summed E-state index contributed by atoms with van der Waals surface area (Å²) in [6.07, 6.45) is 4.88. The number of nitrogens with one attached hydrogen (secondary N) is 1. The zero-order valence-corrected chi connectivity index (χ0v) is 6.90. The lowest BCUT2D eigenvalue weighted by Crippen LogP contribution is -2.23. The van der Waals surface area contributed by atoms with Crippen LogP contribution in [0.3, 0.4) is 0 Å². The second kappa shape index (κ2) is 3.35. The van der Waals surface area contributed by atoms with Crippen molar-refractivity contribution < 1.29 is 13.9 Å². The van der Waals surface area contributed by atoms with Crippen molar-refractivity contribution in [3.05, 3.63) is 30.2 Å². The van der Waals surface area contributed by atoms with E-state index >= 15 is 0 Å². The summed E-state index contributed by atoms with van der Waals surface area (Å²) < 4.78 is 9.78. The van der Waals surface area contributed by atoms with E-state index in [0.29, 0.717) is 6.61 Å². The Morgan fingerprint density at radius 3 is 3.15 bits per heavy atom. The molecule has 1 saturated heterocycles. The summed E-state index contributed by atoms with van der Waals surface area (Å²) in [6, 6.07) is 3.61. The van der Waals surface area contributed by atoms with Crippen molar-refractivity contribution >= 4 is 12.2 Å². The molecule has 2 rings (SSSR count). The Balaban J connectivity index is 1.94. The van der Waals surface area contributed by atoms with Gasteiger partial charge in [-0.05, 0) is 18.2 Å². The maximum absolute atomic E-state index is 10.6. The molecule has 13 heavy (non-hydrogen) atoms.